The first-order valence-corrected chi connectivity index (χ1v) is 6.97. The number of pyridine rings is 1. The molecule has 1 aromatic heterocycles. The average molecular weight is 286 g/mol. The van der Waals surface area contributed by atoms with Crippen molar-refractivity contribution in [1.29, 1.82) is 0 Å². The van der Waals surface area contributed by atoms with Crippen molar-refractivity contribution in [1.82, 2.24) is 10.3 Å². The van der Waals surface area contributed by atoms with Gasteiger partial charge in [0.1, 0.15) is 5.82 Å². The monoisotopic (exact) mass is 286 g/mol. The van der Waals surface area contributed by atoms with Crippen LogP contribution in [-0.4, -0.2) is 10.9 Å². The van der Waals surface area contributed by atoms with Crippen LogP contribution in [0, 0.1) is 18.7 Å². The van der Waals surface area contributed by atoms with Crippen LogP contribution in [0.25, 0.3) is 0 Å². The predicted octanol–water partition coefficient (Wildman–Crippen LogP) is 3.66. The maximum atomic E-state index is 13.7. The number of nitrogens with zero attached hydrogens (tertiary/aromatic N) is 1. The van der Waals surface area contributed by atoms with Gasteiger partial charge in [-0.05, 0) is 36.6 Å². The molecule has 21 heavy (non-hydrogen) atoms. The Morgan fingerprint density at radius 1 is 1.19 bits per heavy atom. The Balaban J connectivity index is 2.28. The average Bonchev–Trinajstić information content (AvgIpc) is 2.45. The zero-order chi connectivity index (χ0) is 15.4. The van der Waals surface area contributed by atoms with Crippen molar-refractivity contribution in [3.63, 3.8) is 0 Å². The number of aromatic nitrogens is 1. The number of benzene rings is 1. The summed E-state index contributed by atoms with van der Waals surface area (Å²) in [6.07, 6.45) is 1.70. The predicted molar refractivity (Wildman–Crippen MR) is 80.4 cm³/mol. The van der Waals surface area contributed by atoms with Crippen molar-refractivity contribution in [2.24, 2.45) is 5.92 Å². The minimum atomic E-state index is -0.518. The maximum absolute atomic E-state index is 13.7. The van der Waals surface area contributed by atoms with Crippen molar-refractivity contribution in [3.05, 3.63) is 65.2 Å². The lowest BCUT2D eigenvalue weighted by atomic mass is 9.97. The number of rotatable bonds is 4. The summed E-state index contributed by atoms with van der Waals surface area (Å²) in [7, 11) is 0. The van der Waals surface area contributed by atoms with Crippen LogP contribution in [0.2, 0.25) is 0 Å². The Morgan fingerprint density at radius 2 is 1.90 bits per heavy atom. The van der Waals surface area contributed by atoms with Gasteiger partial charge in [-0.2, -0.15) is 0 Å². The Hall–Kier alpha value is -2.23. The number of halogens is 1. The summed E-state index contributed by atoms with van der Waals surface area (Å²) >= 11 is 0. The number of aryl methyl sites for hydroxylation is 1. The Labute approximate surface area is 124 Å². The number of hydrogen-bond acceptors (Lipinski definition) is 2. The first-order chi connectivity index (χ1) is 10.0. The molecule has 110 valence electrons. The maximum Gasteiger partial charge on any atom is 0.254 e. The van der Waals surface area contributed by atoms with Gasteiger partial charge in [0.2, 0.25) is 0 Å². The van der Waals surface area contributed by atoms with Gasteiger partial charge < -0.3 is 5.32 Å². The van der Waals surface area contributed by atoms with Crippen LogP contribution in [0.4, 0.5) is 4.39 Å². The van der Waals surface area contributed by atoms with E-state index < -0.39 is 11.7 Å². The summed E-state index contributed by atoms with van der Waals surface area (Å²) in [5.74, 6) is -0.790. The van der Waals surface area contributed by atoms with Gasteiger partial charge in [-0.1, -0.05) is 32.0 Å². The summed E-state index contributed by atoms with van der Waals surface area (Å²) in [6.45, 7) is 5.95. The Bertz CT molecular complexity index is 640. The molecular formula is C17H19FN2O. The highest BCUT2D eigenvalue weighted by atomic mass is 19.1. The summed E-state index contributed by atoms with van der Waals surface area (Å²) in [5.41, 5.74) is 1.87. The van der Waals surface area contributed by atoms with Crippen LogP contribution in [0.15, 0.2) is 42.6 Å². The van der Waals surface area contributed by atoms with Crippen LogP contribution < -0.4 is 5.32 Å². The Kier molecular flexibility index (Phi) is 4.68. The van der Waals surface area contributed by atoms with E-state index in [0.29, 0.717) is 0 Å². The van der Waals surface area contributed by atoms with Gasteiger partial charge in [-0.25, -0.2) is 4.39 Å². The molecule has 0 radical (unpaired) electrons. The van der Waals surface area contributed by atoms with Gasteiger partial charge in [0.15, 0.2) is 0 Å². The fourth-order valence-electron chi connectivity index (χ4n) is 2.24. The van der Waals surface area contributed by atoms with Crippen molar-refractivity contribution >= 4 is 5.91 Å². The third-order valence-corrected chi connectivity index (χ3v) is 3.42. The minimum absolute atomic E-state index is 0.0525. The molecule has 1 heterocycles. The molecule has 0 aliphatic carbocycles. The molecule has 0 aliphatic rings. The van der Waals surface area contributed by atoms with E-state index in [2.05, 4.69) is 10.3 Å². The quantitative estimate of drug-likeness (QED) is 0.932. The first-order valence-electron chi connectivity index (χ1n) is 6.97. The van der Waals surface area contributed by atoms with Crippen molar-refractivity contribution in [2.75, 3.05) is 0 Å². The molecule has 0 saturated heterocycles. The fraction of sp³-hybridized carbons (Fsp3) is 0.294. The second-order valence-corrected chi connectivity index (χ2v) is 5.38. The van der Waals surface area contributed by atoms with Gasteiger partial charge in [-0.3, -0.25) is 9.78 Å². The van der Waals surface area contributed by atoms with E-state index in [1.807, 2.05) is 32.9 Å². The van der Waals surface area contributed by atoms with E-state index in [9.17, 15) is 9.18 Å². The highest BCUT2D eigenvalue weighted by Crippen LogP contribution is 2.23. The molecule has 1 atom stereocenters. The van der Waals surface area contributed by atoms with Gasteiger partial charge in [0.25, 0.3) is 5.91 Å². The molecule has 0 unspecified atom stereocenters. The van der Waals surface area contributed by atoms with Crippen LogP contribution in [-0.2, 0) is 0 Å². The number of nitrogens with one attached hydrogen (secondary N) is 1. The number of hydrogen-bond donors (Lipinski definition) is 1. The molecule has 2 rings (SSSR count). The molecule has 0 fully saturated rings. The number of carbonyl (C=O) groups is 1. The van der Waals surface area contributed by atoms with Gasteiger partial charge >= 0.3 is 0 Å². The molecule has 0 spiro atoms. The molecule has 0 aliphatic heterocycles. The van der Waals surface area contributed by atoms with E-state index in [1.165, 1.54) is 12.1 Å². The SMILES string of the molecule is Cc1cccnc1[C@@H](NC(=O)c1ccccc1F)C(C)C. The van der Waals surface area contributed by atoms with Crippen molar-refractivity contribution in [2.45, 2.75) is 26.8 Å². The topological polar surface area (TPSA) is 42.0 Å². The summed E-state index contributed by atoms with van der Waals surface area (Å²) in [6, 6.07) is 9.53. The van der Waals surface area contributed by atoms with Crippen LogP contribution in [0.5, 0.6) is 0 Å². The molecule has 1 N–H and O–H groups in total. The third kappa shape index (κ3) is 3.45. The highest BCUT2D eigenvalue weighted by Gasteiger charge is 2.22. The summed E-state index contributed by atoms with van der Waals surface area (Å²) < 4.78 is 13.7. The lowest BCUT2D eigenvalue weighted by Crippen LogP contribution is -2.33. The fourth-order valence-corrected chi connectivity index (χ4v) is 2.24. The number of amides is 1. The van der Waals surface area contributed by atoms with Crippen molar-refractivity contribution in [3.8, 4) is 0 Å². The molecular weight excluding hydrogens is 267 g/mol. The molecule has 2 aromatic rings. The standard InChI is InChI=1S/C17H19FN2O/c1-11(2)15(16-12(3)7-6-10-19-16)20-17(21)13-8-4-5-9-14(13)18/h4-11,15H,1-3H3,(H,20,21)/t15-/m0/s1. The zero-order valence-electron chi connectivity index (χ0n) is 12.4. The second-order valence-electron chi connectivity index (χ2n) is 5.38. The summed E-state index contributed by atoms with van der Waals surface area (Å²) in [5, 5.41) is 2.89. The van der Waals surface area contributed by atoms with Gasteiger partial charge in [0, 0.05) is 6.20 Å². The first kappa shape index (κ1) is 15.2. The van der Waals surface area contributed by atoms with E-state index >= 15 is 0 Å². The normalized spacial score (nSPS) is 12.2. The second kappa shape index (κ2) is 6.48. The highest BCUT2D eigenvalue weighted by molar-refractivity contribution is 5.94. The van der Waals surface area contributed by atoms with Gasteiger partial charge in [-0.15, -0.1) is 0 Å². The van der Waals surface area contributed by atoms with E-state index in [-0.39, 0.29) is 17.5 Å². The minimum Gasteiger partial charge on any atom is -0.343 e. The largest absolute Gasteiger partial charge is 0.343 e. The van der Waals surface area contributed by atoms with Crippen LogP contribution in [0.3, 0.4) is 0 Å². The van der Waals surface area contributed by atoms with Crippen LogP contribution >= 0.6 is 0 Å². The number of carbonyl (C=O) groups excluding carboxylic acids is 1. The molecule has 0 saturated carbocycles. The van der Waals surface area contributed by atoms with E-state index in [0.717, 1.165) is 11.3 Å². The lowest BCUT2D eigenvalue weighted by molar-refractivity contribution is 0.0920. The van der Waals surface area contributed by atoms with E-state index in [1.54, 1.807) is 18.3 Å². The lowest BCUT2D eigenvalue weighted by Gasteiger charge is -2.23. The molecule has 1 amide bonds. The molecule has 1 aromatic carbocycles. The smallest absolute Gasteiger partial charge is 0.254 e. The zero-order valence-corrected chi connectivity index (χ0v) is 12.4. The molecule has 0 bridgehead atoms. The van der Waals surface area contributed by atoms with Crippen LogP contribution in [0.1, 0.15) is 41.5 Å². The van der Waals surface area contributed by atoms with Gasteiger partial charge in [0.05, 0.1) is 17.3 Å². The molecule has 4 heteroatoms. The van der Waals surface area contributed by atoms with Crippen molar-refractivity contribution < 1.29 is 9.18 Å². The molecule has 3 nitrogen and oxygen atoms in total. The summed E-state index contributed by atoms with van der Waals surface area (Å²) in [4.78, 5) is 16.6. The Morgan fingerprint density at radius 3 is 2.52 bits per heavy atom. The van der Waals surface area contributed by atoms with E-state index in [4.69, 9.17) is 0 Å². The third-order valence-electron chi connectivity index (χ3n) is 3.42.